The Morgan fingerprint density at radius 3 is 2.56 bits per heavy atom. The van der Waals surface area contributed by atoms with E-state index >= 15 is 0 Å². The molecule has 2 saturated carbocycles. The van der Waals surface area contributed by atoms with Gasteiger partial charge in [-0.15, -0.1) is 0 Å². The number of aliphatic hydroxyl groups is 3. The highest BCUT2D eigenvalue weighted by molar-refractivity contribution is 5.66. The maximum atomic E-state index is 11.6. The van der Waals surface area contributed by atoms with E-state index in [0.717, 1.165) is 38.5 Å². The second kappa shape index (κ2) is 7.16. The van der Waals surface area contributed by atoms with Crippen LogP contribution < -0.4 is 0 Å². The molecule has 5 heteroatoms. The van der Waals surface area contributed by atoms with E-state index in [4.69, 9.17) is 4.74 Å². The number of aliphatic hydroxyl groups excluding tert-OH is 3. The van der Waals surface area contributed by atoms with Gasteiger partial charge in [0.15, 0.2) is 0 Å². The van der Waals surface area contributed by atoms with Crippen molar-refractivity contribution in [3.8, 4) is 0 Å². The lowest BCUT2D eigenvalue weighted by molar-refractivity contribution is -0.159. The van der Waals surface area contributed by atoms with Crippen LogP contribution in [0.4, 0.5) is 0 Å². The van der Waals surface area contributed by atoms with E-state index in [1.54, 1.807) is 0 Å². The van der Waals surface area contributed by atoms with Crippen LogP contribution in [0.15, 0.2) is 11.6 Å². The molecular weight excluding hydrogens is 344 g/mol. The Morgan fingerprint density at radius 2 is 1.96 bits per heavy atom. The van der Waals surface area contributed by atoms with Crippen molar-refractivity contribution in [2.45, 2.75) is 78.4 Å². The molecule has 0 aromatic rings. The van der Waals surface area contributed by atoms with Crippen LogP contribution >= 0.6 is 0 Å². The Morgan fingerprint density at radius 1 is 1.26 bits per heavy atom. The van der Waals surface area contributed by atoms with Gasteiger partial charge in [0.1, 0.15) is 6.10 Å². The molecule has 0 heterocycles. The number of carbonyl (C=O) groups is 1. The quantitative estimate of drug-likeness (QED) is 0.516. The largest absolute Gasteiger partial charge is 0.462 e. The summed E-state index contributed by atoms with van der Waals surface area (Å²) in [6.45, 7) is 7.73. The Kier molecular flexibility index (Phi) is 5.52. The molecule has 3 aliphatic rings. The molecular formula is C22H36O5. The summed E-state index contributed by atoms with van der Waals surface area (Å²) < 4.78 is 5.59. The third kappa shape index (κ3) is 3.26. The zero-order chi connectivity index (χ0) is 20.0. The van der Waals surface area contributed by atoms with Crippen LogP contribution in [0.5, 0.6) is 0 Å². The van der Waals surface area contributed by atoms with Crippen LogP contribution in [0.25, 0.3) is 0 Å². The highest BCUT2D eigenvalue weighted by atomic mass is 16.5. The molecule has 3 aliphatic carbocycles. The van der Waals surface area contributed by atoms with Crippen LogP contribution in [0.3, 0.4) is 0 Å². The summed E-state index contributed by atoms with van der Waals surface area (Å²) in [5.74, 6) is 0.542. The number of allylic oxidation sites excluding steroid dienone is 1. The number of hydrogen-bond acceptors (Lipinski definition) is 5. The Balaban J connectivity index is 1.91. The van der Waals surface area contributed by atoms with E-state index in [9.17, 15) is 20.1 Å². The second-order valence-corrected chi connectivity index (χ2v) is 9.96. The zero-order valence-electron chi connectivity index (χ0n) is 17.2. The lowest BCUT2D eigenvalue weighted by atomic mass is 9.46. The standard InChI is InChI=1S/C22H36O5/c1-14(25)27-19-8-7-16-17(22(19,4)13-24)6-5-15-11-20(2,18(26)12-23)9-10-21(15,16)3/h6,15-16,18-19,23-24,26H,5,7-13H2,1-4H3. The zero-order valence-corrected chi connectivity index (χ0v) is 17.2. The molecule has 27 heavy (non-hydrogen) atoms. The van der Waals surface area contributed by atoms with Gasteiger partial charge in [-0.3, -0.25) is 4.79 Å². The summed E-state index contributed by atoms with van der Waals surface area (Å²) in [7, 11) is 0. The summed E-state index contributed by atoms with van der Waals surface area (Å²) in [5, 5.41) is 30.1. The average Bonchev–Trinajstić information content (AvgIpc) is 2.63. The fourth-order valence-electron chi connectivity index (χ4n) is 6.28. The van der Waals surface area contributed by atoms with Crippen molar-refractivity contribution in [3.05, 3.63) is 11.6 Å². The van der Waals surface area contributed by atoms with Gasteiger partial charge in [-0.1, -0.05) is 32.4 Å². The van der Waals surface area contributed by atoms with Crippen molar-refractivity contribution in [1.29, 1.82) is 0 Å². The van der Waals surface area contributed by atoms with Gasteiger partial charge in [-0.25, -0.2) is 0 Å². The minimum Gasteiger partial charge on any atom is -0.462 e. The predicted octanol–water partition coefficient (Wildman–Crippen LogP) is 2.82. The van der Waals surface area contributed by atoms with Crippen molar-refractivity contribution in [3.63, 3.8) is 0 Å². The number of rotatable bonds is 4. The molecule has 0 bridgehead atoms. The molecule has 3 N–H and O–H groups in total. The van der Waals surface area contributed by atoms with Crippen LogP contribution in [0, 0.1) is 28.1 Å². The smallest absolute Gasteiger partial charge is 0.302 e. The van der Waals surface area contributed by atoms with Crippen molar-refractivity contribution >= 4 is 5.97 Å². The molecule has 0 spiro atoms. The van der Waals surface area contributed by atoms with Crippen molar-refractivity contribution in [2.24, 2.45) is 28.1 Å². The van der Waals surface area contributed by atoms with E-state index in [-0.39, 0.29) is 36.1 Å². The molecule has 0 amide bonds. The Labute approximate surface area is 162 Å². The first kappa shape index (κ1) is 20.8. The number of carbonyl (C=O) groups excluding carboxylic acids is 1. The lowest BCUT2D eigenvalue weighted by Crippen LogP contribution is -2.55. The van der Waals surface area contributed by atoms with Gasteiger partial charge in [0.25, 0.3) is 0 Å². The predicted molar refractivity (Wildman–Crippen MR) is 103 cm³/mol. The number of fused-ring (bicyclic) bond motifs is 3. The minimum absolute atomic E-state index is 0.0189. The van der Waals surface area contributed by atoms with Gasteiger partial charge in [-0.2, -0.15) is 0 Å². The van der Waals surface area contributed by atoms with Gasteiger partial charge < -0.3 is 20.1 Å². The fourth-order valence-corrected chi connectivity index (χ4v) is 6.28. The highest BCUT2D eigenvalue weighted by Gasteiger charge is 2.57. The molecule has 7 atom stereocenters. The van der Waals surface area contributed by atoms with Gasteiger partial charge in [0.05, 0.1) is 19.3 Å². The summed E-state index contributed by atoms with van der Waals surface area (Å²) >= 11 is 0. The first-order valence-corrected chi connectivity index (χ1v) is 10.4. The highest BCUT2D eigenvalue weighted by Crippen LogP contribution is 2.63. The molecule has 5 nitrogen and oxygen atoms in total. The maximum absolute atomic E-state index is 11.6. The maximum Gasteiger partial charge on any atom is 0.302 e. The van der Waals surface area contributed by atoms with Crippen molar-refractivity contribution in [2.75, 3.05) is 13.2 Å². The molecule has 0 aromatic carbocycles. The molecule has 3 rings (SSSR count). The van der Waals surface area contributed by atoms with Crippen molar-refractivity contribution < 1.29 is 24.9 Å². The van der Waals surface area contributed by atoms with Crippen LogP contribution in [-0.4, -0.2) is 46.7 Å². The average molecular weight is 381 g/mol. The van der Waals surface area contributed by atoms with Crippen LogP contribution in [0.2, 0.25) is 0 Å². The fraction of sp³-hybridized carbons (Fsp3) is 0.864. The van der Waals surface area contributed by atoms with E-state index in [1.807, 2.05) is 6.92 Å². The lowest BCUT2D eigenvalue weighted by Gasteiger charge is -2.60. The summed E-state index contributed by atoms with van der Waals surface area (Å²) in [6.07, 6.45) is 6.81. The van der Waals surface area contributed by atoms with Gasteiger partial charge in [0, 0.05) is 12.3 Å². The monoisotopic (exact) mass is 380 g/mol. The third-order valence-corrected chi connectivity index (χ3v) is 8.38. The number of hydrogen-bond donors (Lipinski definition) is 3. The molecule has 0 saturated heterocycles. The molecule has 2 fully saturated rings. The number of esters is 1. The molecule has 7 unspecified atom stereocenters. The normalized spacial score (nSPS) is 45.3. The SMILES string of the molecule is CC(=O)OC1CCC2C(=CCC3CC(C)(C(O)CO)CCC32C)C1(C)CO. The van der Waals surface area contributed by atoms with Gasteiger partial charge >= 0.3 is 5.97 Å². The summed E-state index contributed by atoms with van der Waals surface area (Å²) in [5.41, 5.74) is 0.622. The van der Waals surface area contributed by atoms with Gasteiger partial charge in [0.2, 0.25) is 0 Å². The summed E-state index contributed by atoms with van der Waals surface area (Å²) in [6, 6.07) is 0. The first-order chi connectivity index (χ1) is 12.6. The molecule has 0 aromatic heterocycles. The second-order valence-electron chi connectivity index (χ2n) is 9.96. The van der Waals surface area contributed by atoms with E-state index in [2.05, 4.69) is 19.9 Å². The minimum atomic E-state index is -0.671. The topological polar surface area (TPSA) is 87.0 Å². The van der Waals surface area contributed by atoms with E-state index in [1.165, 1.54) is 12.5 Å². The molecule has 0 radical (unpaired) electrons. The Bertz CT molecular complexity index is 616. The van der Waals surface area contributed by atoms with E-state index < -0.39 is 11.5 Å². The van der Waals surface area contributed by atoms with Crippen molar-refractivity contribution in [1.82, 2.24) is 0 Å². The van der Waals surface area contributed by atoms with Gasteiger partial charge in [-0.05, 0) is 61.2 Å². The Hall–Kier alpha value is -0.910. The van der Waals surface area contributed by atoms with E-state index in [0.29, 0.717) is 11.8 Å². The third-order valence-electron chi connectivity index (χ3n) is 8.38. The molecule has 0 aliphatic heterocycles. The molecule has 154 valence electrons. The van der Waals surface area contributed by atoms with Crippen LogP contribution in [-0.2, 0) is 9.53 Å². The summed E-state index contributed by atoms with van der Waals surface area (Å²) in [4.78, 5) is 11.6. The number of ether oxygens (including phenoxy) is 1. The first-order valence-electron chi connectivity index (χ1n) is 10.4. The van der Waals surface area contributed by atoms with Crippen LogP contribution in [0.1, 0.15) is 66.2 Å².